The minimum atomic E-state index is -1.11. The van der Waals surface area contributed by atoms with E-state index in [0.29, 0.717) is 13.1 Å². The number of ether oxygens (including phenoxy) is 1. The summed E-state index contributed by atoms with van der Waals surface area (Å²) in [5.74, 6) is -2.88. The van der Waals surface area contributed by atoms with Gasteiger partial charge in [-0.05, 0) is 37.6 Å². The molecule has 0 radical (unpaired) electrons. The third-order valence-electron chi connectivity index (χ3n) is 6.04. The molecule has 1 aromatic carbocycles. The van der Waals surface area contributed by atoms with Gasteiger partial charge in [0.25, 0.3) is 17.7 Å². The standard InChI is InChI=1S/C23H29N3O6/c1-5-24(6-2)19(14(3)4)23(31)32-13-25-18(27)12-11-17(22(25)30)26-20(28)15-9-7-8-10-16(15)21(26)29/h7-10,14,17,19H,5-6,11-13H2,1-4H3/t17-,19?/m0/s1. The molecule has 0 saturated carbocycles. The zero-order valence-corrected chi connectivity index (χ0v) is 18.9. The number of fused-ring (bicyclic) bond motifs is 1. The maximum Gasteiger partial charge on any atom is 0.325 e. The molecule has 1 saturated heterocycles. The topological polar surface area (TPSA) is 104 Å². The third-order valence-corrected chi connectivity index (χ3v) is 6.04. The molecule has 1 unspecified atom stereocenters. The summed E-state index contributed by atoms with van der Waals surface area (Å²) in [6.07, 6.45) is 0.00661. The van der Waals surface area contributed by atoms with Crippen LogP contribution in [0.3, 0.4) is 0 Å². The summed E-state index contributed by atoms with van der Waals surface area (Å²) in [6.45, 7) is 8.45. The van der Waals surface area contributed by atoms with Crippen molar-refractivity contribution in [3.8, 4) is 0 Å². The van der Waals surface area contributed by atoms with Gasteiger partial charge in [-0.3, -0.25) is 33.8 Å². The number of rotatable bonds is 8. The van der Waals surface area contributed by atoms with E-state index in [1.807, 2.05) is 32.6 Å². The number of likely N-dealkylation sites (tertiary alicyclic amines) is 1. The van der Waals surface area contributed by atoms with Crippen molar-refractivity contribution < 1.29 is 28.7 Å². The van der Waals surface area contributed by atoms with Gasteiger partial charge in [0.1, 0.15) is 12.1 Å². The zero-order chi connectivity index (χ0) is 23.6. The van der Waals surface area contributed by atoms with Crippen LogP contribution in [-0.4, -0.2) is 76.2 Å². The molecule has 2 aliphatic heterocycles. The lowest BCUT2D eigenvalue weighted by Gasteiger charge is -2.35. The van der Waals surface area contributed by atoms with Crippen molar-refractivity contribution in [3.05, 3.63) is 35.4 Å². The molecule has 9 heteroatoms. The number of amides is 4. The van der Waals surface area contributed by atoms with Gasteiger partial charge in [-0.15, -0.1) is 0 Å². The zero-order valence-electron chi connectivity index (χ0n) is 18.9. The molecular weight excluding hydrogens is 414 g/mol. The number of piperidine rings is 1. The minimum absolute atomic E-state index is 0.0266. The molecule has 4 amide bonds. The largest absolute Gasteiger partial charge is 0.443 e. The summed E-state index contributed by atoms with van der Waals surface area (Å²) in [5.41, 5.74) is 0.471. The molecule has 3 rings (SSSR count). The van der Waals surface area contributed by atoms with Gasteiger partial charge in [0.05, 0.1) is 11.1 Å². The first-order chi connectivity index (χ1) is 15.2. The maximum atomic E-state index is 13.1. The summed E-state index contributed by atoms with van der Waals surface area (Å²) in [5, 5.41) is 0. The molecule has 32 heavy (non-hydrogen) atoms. The second kappa shape index (κ2) is 9.60. The summed E-state index contributed by atoms with van der Waals surface area (Å²) < 4.78 is 5.37. The van der Waals surface area contributed by atoms with Crippen LogP contribution in [0.2, 0.25) is 0 Å². The van der Waals surface area contributed by atoms with Crippen molar-refractivity contribution in [1.29, 1.82) is 0 Å². The highest BCUT2D eigenvalue weighted by Gasteiger charge is 2.47. The van der Waals surface area contributed by atoms with Gasteiger partial charge < -0.3 is 4.74 Å². The molecule has 0 aliphatic carbocycles. The predicted octanol–water partition coefficient (Wildman–Crippen LogP) is 1.67. The Kier molecular flexibility index (Phi) is 7.08. The molecule has 0 bridgehead atoms. The van der Waals surface area contributed by atoms with Crippen LogP contribution >= 0.6 is 0 Å². The molecule has 1 aromatic rings. The van der Waals surface area contributed by atoms with Gasteiger partial charge in [0, 0.05) is 6.42 Å². The summed E-state index contributed by atoms with van der Waals surface area (Å²) >= 11 is 0. The van der Waals surface area contributed by atoms with Crippen LogP contribution in [-0.2, 0) is 19.1 Å². The highest BCUT2D eigenvalue weighted by atomic mass is 16.5. The van der Waals surface area contributed by atoms with E-state index in [2.05, 4.69) is 0 Å². The average molecular weight is 444 g/mol. The van der Waals surface area contributed by atoms with E-state index in [9.17, 15) is 24.0 Å². The van der Waals surface area contributed by atoms with Crippen molar-refractivity contribution in [2.24, 2.45) is 5.92 Å². The molecule has 2 atom stereocenters. The smallest absolute Gasteiger partial charge is 0.325 e. The molecular formula is C23H29N3O6. The molecule has 0 aromatic heterocycles. The number of carbonyl (C=O) groups excluding carboxylic acids is 5. The SMILES string of the molecule is CCN(CC)C(C(=O)OCN1C(=O)CC[C@H](N2C(=O)c3ccccc3C2=O)C1=O)C(C)C. The van der Waals surface area contributed by atoms with Crippen LogP contribution < -0.4 is 0 Å². The highest BCUT2D eigenvalue weighted by molar-refractivity contribution is 6.23. The molecule has 172 valence electrons. The number of hydrogen-bond acceptors (Lipinski definition) is 7. The van der Waals surface area contributed by atoms with Crippen LogP contribution in [0.1, 0.15) is 61.3 Å². The predicted molar refractivity (Wildman–Crippen MR) is 114 cm³/mol. The van der Waals surface area contributed by atoms with Gasteiger partial charge in [-0.1, -0.05) is 39.8 Å². The van der Waals surface area contributed by atoms with Crippen LogP contribution in [0, 0.1) is 5.92 Å². The molecule has 9 nitrogen and oxygen atoms in total. The number of hydrogen-bond donors (Lipinski definition) is 0. The molecule has 0 N–H and O–H groups in total. The lowest BCUT2D eigenvalue weighted by Crippen LogP contribution is -2.57. The Bertz CT molecular complexity index is 904. The van der Waals surface area contributed by atoms with Gasteiger partial charge in [-0.2, -0.15) is 0 Å². The van der Waals surface area contributed by atoms with Crippen LogP contribution in [0.4, 0.5) is 0 Å². The highest BCUT2D eigenvalue weighted by Crippen LogP contribution is 2.29. The lowest BCUT2D eigenvalue weighted by atomic mass is 10.0. The van der Waals surface area contributed by atoms with Crippen LogP contribution in [0.25, 0.3) is 0 Å². The van der Waals surface area contributed by atoms with E-state index < -0.39 is 48.4 Å². The number of benzene rings is 1. The number of imide groups is 2. The summed E-state index contributed by atoms with van der Waals surface area (Å²) in [6, 6.07) is 4.74. The van der Waals surface area contributed by atoms with Crippen molar-refractivity contribution in [2.75, 3.05) is 19.8 Å². The first kappa shape index (κ1) is 23.6. The first-order valence-corrected chi connectivity index (χ1v) is 10.9. The van der Waals surface area contributed by atoms with Crippen molar-refractivity contribution in [3.63, 3.8) is 0 Å². The van der Waals surface area contributed by atoms with Gasteiger partial charge in [0.2, 0.25) is 5.91 Å². The Hall–Kier alpha value is -3.07. The van der Waals surface area contributed by atoms with Gasteiger partial charge >= 0.3 is 5.97 Å². The maximum absolute atomic E-state index is 13.1. The van der Waals surface area contributed by atoms with Crippen molar-refractivity contribution in [2.45, 2.75) is 52.6 Å². The van der Waals surface area contributed by atoms with Crippen molar-refractivity contribution in [1.82, 2.24) is 14.7 Å². The van der Waals surface area contributed by atoms with Crippen LogP contribution in [0.15, 0.2) is 24.3 Å². The van der Waals surface area contributed by atoms with Crippen LogP contribution in [0.5, 0.6) is 0 Å². The lowest BCUT2D eigenvalue weighted by molar-refractivity contribution is -0.167. The quantitative estimate of drug-likeness (QED) is 0.445. The number of carbonyl (C=O) groups is 5. The molecule has 2 heterocycles. The van der Waals surface area contributed by atoms with E-state index >= 15 is 0 Å². The summed E-state index contributed by atoms with van der Waals surface area (Å²) in [7, 11) is 0. The van der Waals surface area contributed by atoms with E-state index in [4.69, 9.17) is 4.74 Å². The number of esters is 1. The van der Waals surface area contributed by atoms with E-state index in [-0.39, 0.29) is 29.9 Å². The Balaban J connectivity index is 1.74. The fraction of sp³-hybridized carbons (Fsp3) is 0.522. The fourth-order valence-corrected chi connectivity index (χ4v) is 4.36. The van der Waals surface area contributed by atoms with E-state index in [0.717, 1.165) is 9.80 Å². The molecule has 2 aliphatic rings. The Morgan fingerprint density at radius 3 is 2.12 bits per heavy atom. The molecule has 0 spiro atoms. The first-order valence-electron chi connectivity index (χ1n) is 10.9. The van der Waals surface area contributed by atoms with Crippen molar-refractivity contribution >= 4 is 29.6 Å². The minimum Gasteiger partial charge on any atom is -0.443 e. The Morgan fingerprint density at radius 2 is 1.62 bits per heavy atom. The van der Waals surface area contributed by atoms with E-state index in [1.165, 1.54) is 12.1 Å². The van der Waals surface area contributed by atoms with Gasteiger partial charge in [0.15, 0.2) is 6.73 Å². The molecule has 1 fully saturated rings. The number of likely N-dealkylation sites (N-methyl/N-ethyl adjacent to an activating group) is 1. The monoisotopic (exact) mass is 443 g/mol. The summed E-state index contributed by atoms with van der Waals surface area (Å²) in [4.78, 5) is 67.5. The van der Waals surface area contributed by atoms with Gasteiger partial charge in [-0.25, -0.2) is 4.90 Å². The Labute approximate surface area is 187 Å². The second-order valence-electron chi connectivity index (χ2n) is 8.24. The fourth-order valence-electron chi connectivity index (χ4n) is 4.36. The second-order valence-corrected chi connectivity index (χ2v) is 8.24. The van der Waals surface area contributed by atoms with E-state index in [1.54, 1.807) is 12.1 Å². The average Bonchev–Trinajstić information content (AvgIpc) is 3.02. The Morgan fingerprint density at radius 1 is 1.06 bits per heavy atom. The number of nitrogens with zero attached hydrogens (tertiary/aromatic N) is 3. The third kappa shape index (κ3) is 4.17. The normalized spacial score (nSPS) is 19.8.